The summed E-state index contributed by atoms with van der Waals surface area (Å²) in [6.45, 7) is 4.72. The van der Waals surface area contributed by atoms with Crippen molar-refractivity contribution in [1.82, 2.24) is 5.32 Å². The topological polar surface area (TPSA) is 46.2 Å². The fourth-order valence-corrected chi connectivity index (χ4v) is 4.21. The Hall–Kier alpha value is -0.870. The van der Waals surface area contributed by atoms with Gasteiger partial charge in [-0.25, -0.2) is 8.42 Å². The van der Waals surface area contributed by atoms with E-state index in [1.54, 1.807) is 6.07 Å². The minimum absolute atomic E-state index is 0.125. The molecule has 94 valence electrons. The first kappa shape index (κ1) is 12.6. The van der Waals surface area contributed by atoms with Crippen LogP contribution in [0.3, 0.4) is 0 Å². The van der Waals surface area contributed by atoms with Gasteiger partial charge in [0.2, 0.25) is 0 Å². The van der Waals surface area contributed by atoms with Crippen molar-refractivity contribution in [3.63, 3.8) is 0 Å². The van der Waals surface area contributed by atoms with Crippen LogP contribution in [0.2, 0.25) is 0 Å². The number of rotatable bonds is 3. The van der Waals surface area contributed by atoms with E-state index in [2.05, 4.69) is 5.32 Å². The highest BCUT2D eigenvalue weighted by Gasteiger charge is 2.24. The van der Waals surface area contributed by atoms with Crippen LogP contribution in [0, 0.1) is 13.8 Å². The first-order valence-corrected chi connectivity index (χ1v) is 7.68. The van der Waals surface area contributed by atoms with E-state index in [1.807, 2.05) is 26.0 Å². The molecule has 0 amide bonds. The SMILES string of the molecule is Cc1ccc(C)c(S(=O)(=O)C[C@H]2CCCN2)c1. The standard InChI is InChI=1S/C13H19NO2S/c1-10-5-6-11(2)13(8-10)17(15,16)9-12-4-3-7-14-12/h5-6,8,12,14H,3-4,7,9H2,1-2H3/t12-/m1/s1. The van der Waals surface area contributed by atoms with Crippen molar-refractivity contribution in [3.05, 3.63) is 29.3 Å². The first-order valence-electron chi connectivity index (χ1n) is 6.02. The molecular weight excluding hydrogens is 234 g/mol. The quantitative estimate of drug-likeness (QED) is 0.894. The lowest BCUT2D eigenvalue weighted by Gasteiger charge is -2.13. The molecule has 2 rings (SSSR count). The molecule has 0 aliphatic carbocycles. The Labute approximate surface area is 103 Å². The Balaban J connectivity index is 2.27. The fourth-order valence-electron chi connectivity index (χ4n) is 2.30. The molecule has 1 N–H and O–H groups in total. The molecule has 0 saturated carbocycles. The van der Waals surface area contributed by atoms with Crippen LogP contribution in [0.5, 0.6) is 0 Å². The maximum Gasteiger partial charge on any atom is 0.180 e. The predicted octanol–water partition coefficient (Wildman–Crippen LogP) is 1.83. The van der Waals surface area contributed by atoms with Gasteiger partial charge in [0.05, 0.1) is 10.6 Å². The Kier molecular flexibility index (Phi) is 3.54. The lowest BCUT2D eigenvalue weighted by Crippen LogP contribution is -2.30. The van der Waals surface area contributed by atoms with Gasteiger partial charge in [-0.05, 0) is 50.4 Å². The molecule has 1 aliphatic rings. The molecular formula is C13H19NO2S. The highest BCUT2D eigenvalue weighted by Crippen LogP contribution is 2.20. The van der Waals surface area contributed by atoms with Gasteiger partial charge in [0.1, 0.15) is 0 Å². The van der Waals surface area contributed by atoms with E-state index < -0.39 is 9.84 Å². The molecule has 4 heteroatoms. The molecule has 17 heavy (non-hydrogen) atoms. The monoisotopic (exact) mass is 253 g/mol. The fraction of sp³-hybridized carbons (Fsp3) is 0.538. The van der Waals surface area contributed by atoms with Crippen LogP contribution in [0.1, 0.15) is 24.0 Å². The van der Waals surface area contributed by atoms with Crippen LogP contribution in [0.4, 0.5) is 0 Å². The third-order valence-electron chi connectivity index (χ3n) is 3.26. The van der Waals surface area contributed by atoms with Gasteiger partial charge in [-0.15, -0.1) is 0 Å². The van der Waals surface area contributed by atoms with Crippen LogP contribution >= 0.6 is 0 Å². The van der Waals surface area contributed by atoms with Crippen molar-refractivity contribution < 1.29 is 8.42 Å². The van der Waals surface area contributed by atoms with E-state index in [1.165, 1.54) is 0 Å². The van der Waals surface area contributed by atoms with Gasteiger partial charge in [-0.1, -0.05) is 12.1 Å². The van der Waals surface area contributed by atoms with Gasteiger partial charge in [0, 0.05) is 6.04 Å². The largest absolute Gasteiger partial charge is 0.313 e. The van der Waals surface area contributed by atoms with Gasteiger partial charge < -0.3 is 5.32 Å². The van der Waals surface area contributed by atoms with Crippen molar-refractivity contribution in [3.8, 4) is 0 Å². The zero-order valence-corrected chi connectivity index (χ0v) is 11.2. The second-order valence-corrected chi connectivity index (χ2v) is 6.85. The van der Waals surface area contributed by atoms with Crippen LogP contribution in [0.15, 0.2) is 23.1 Å². The zero-order valence-electron chi connectivity index (χ0n) is 10.4. The minimum atomic E-state index is -3.16. The summed E-state index contributed by atoms with van der Waals surface area (Å²) in [4.78, 5) is 0.492. The van der Waals surface area contributed by atoms with Crippen LogP contribution < -0.4 is 5.32 Å². The molecule has 1 saturated heterocycles. The van der Waals surface area contributed by atoms with Crippen LogP contribution in [0.25, 0.3) is 0 Å². The third-order valence-corrected chi connectivity index (χ3v) is 5.21. The molecule has 0 aromatic heterocycles. The Morgan fingerprint density at radius 2 is 2.12 bits per heavy atom. The number of hydrogen-bond acceptors (Lipinski definition) is 3. The van der Waals surface area contributed by atoms with Crippen molar-refractivity contribution in [2.45, 2.75) is 37.6 Å². The van der Waals surface area contributed by atoms with E-state index in [-0.39, 0.29) is 11.8 Å². The molecule has 0 unspecified atom stereocenters. The summed E-state index contributed by atoms with van der Waals surface area (Å²) in [6, 6.07) is 5.73. The first-order chi connectivity index (χ1) is 7.99. The summed E-state index contributed by atoms with van der Waals surface area (Å²) >= 11 is 0. The molecule has 0 spiro atoms. The molecule has 1 heterocycles. The molecule has 0 bridgehead atoms. The summed E-state index contributed by atoms with van der Waals surface area (Å²) < 4.78 is 24.6. The van der Waals surface area contributed by atoms with Crippen LogP contribution in [-0.4, -0.2) is 26.8 Å². The minimum Gasteiger partial charge on any atom is -0.313 e. The Bertz CT molecular complexity index is 502. The summed E-state index contributed by atoms with van der Waals surface area (Å²) in [6.07, 6.45) is 2.04. The number of nitrogens with one attached hydrogen (secondary N) is 1. The predicted molar refractivity (Wildman–Crippen MR) is 69.0 cm³/mol. The van der Waals surface area contributed by atoms with E-state index in [0.717, 1.165) is 30.5 Å². The van der Waals surface area contributed by atoms with Gasteiger partial charge in [-0.3, -0.25) is 0 Å². The molecule has 1 fully saturated rings. The molecule has 1 aromatic carbocycles. The number of hydrogen-bond donors (Lipinski definition) is 1. The normalized spacial score (nSPS) is 20.7. The van der Waals surface area contributed by atoms with E-state index in [4.69, 9.17) is 0 Å². The summed E-state index contributed by atoms with van der Waals surface area (Å²) in [5.74, 6) is 0.220. The number of aryl methyl sites for hydroxylation is 2. The average Bonchev–Trinajstić information content (AvgIpc) is 2.73. The molecule has 3 nitrogen and oxygen atoms in total. The van der Waals surface area contributed by atoms with E-state index >= 15 is 0 Å². The second kappa shape index (κ2) is 4.78. The van der Waals surface area contributed by atoms with Crippen molar-refractivity contribution in [2.24, 2.45) is 0 Å². The Morgan fingerprint density at radius 3 is 2.76 bits per heavy atom. The Morgan fingerprint density at radius 1 is 1.35 bits per heavy atom. The second-order valence-electron chi connectivity index (χ2n) is 4.84. The van der Waals surface area contributed by atoms with Crippen molar-refractivity contribution in [2.75, 3.05) is 12.3 Å². The molecule has 1 aliphatic heterocycles. The lowest BCUT2D eigenvalue weighted by atomic mass is 10.2. The lowest BCUT2D eigenvalue weighted by molar-refractivity contribution is 0.576. The summed E-state index contributed by atoms with van der Waals surface area (Å²) in [5.41, 5.74) is 1.84. The highest BCUT2D eigenvalue weighted by atomic mass is 32.2. The van der Waals surface area contributed by atoms with Crippen LogP contribution in [-0.2, 0) is 9.84 Å². The average molecular weight is 253 g/mol. The van der Waals surface area contributed by atoms with Gasteiger partial charge >= 0.3 is 0 Å². The maximum absolute atomic E-state index is 12.3. The number of sulfone groups is 1. The molecule has 1 aromatic rings. The number of benzene rings is 1. The molecule has 1 atom stereocenters. The molecule has 0 radical (unpaired) electrons. The third kappa shape index (κ3) is 2.87. The van der Waals surface area contributed by atoms with Gasteiger partial charge in [-0.2, -0.15) is 0 Å². The van der Waals surface area contributed by atoms with Crippen molar-refractivity contribution in [1.29, 1.82) is 0 Å². The highest BCUT2D eigenvalue weighted by molar-refractivity contribution is 7.91. The van der Waals surface area contributed by atoms with Gasteiger partial charge in [0.25, 0.3) is 0 Å². The summed E-state index contributed by atoms with van der Waals surface area (Å²) in [5, 5.41) is 3.24. The smallest absolute Gasteiger partial charge is 0.180 e. The summed E-state index contributed by atoms with van der Waals surface area (Å²) in [7, 11) is -3.16. The van der Waals surface area contributed by atoms with Gasteiger partial charge in [0.15, 0.2) is 9.84 Å². The maximum atomic E-state index is 12.3. The van der Waals surface area contributed by atoms with Crippen molar-refractivity contribution >= 4 is 9.84 Å². The van der Waals surface area contributed by atoms with E-state index in [0.29, 0.717) is 4.90 Å². The van der Waals surface area contributed by atoms with E-state index in [9.17, 15) is 8.42 Å². The zero-order chi connectivity index (χ0) is 12.5.